The molecule has 6 nitrogen and oxygen atoms in total. The van der Waals surface area contributed by atoms with Crippen LogP contribution in [0.5, 0.6) is 0 Å². The number of nitrogens with one attached hydrogen (secondary N) is 1. The van der Waals surface area contributed by atoms with Gasteiger partial charge in [-0.25, -0.2) is 0 Å². The molecule has 0 aromatic carbocycles. The van der Waals surface area contributed by atoms with Crippen molar-refractivity contribution in [1.82, 2.24) is 5.32 Å². The van der Waals surface area contributed by atoms with E-state index in [4.69, 9.17) is 0 Å². The third-order valence-electron chi connectivity index (χ3n) is 9.88. The lowest BCUT2D eigenvalue weighted by Gasteiger charge is -2.21. The lowest BCUT2D eigenvalue weighted by Crippen LogP contribution is -2.46. The van der Waals surface area contributed by atoms with Gasteiger partial charge in [-0.05, 0) is 32.1 Å². The first kappa shape index (κ1) is 48.8. The predicted octanol–water partition coefficient (Wildman–Crippen LogP) is 12.7. The highest BCUT2D eigenvalue weighted by Gasteiger charge is 2.24. The van der Waals surface area contributed by atoms with Crippen LogP contribution in [0.4, 0.5) is 0 Å². The molecule has 0 aromatic rings. The highest BCUT2D eigenvalue weighted by Crippen LogP contribution is 2.15. The SMILES string of the molecule is CCCCCCCCCCCCC/C=C/CC/C=C/C(O)C(CS(=O)(=O)O)NC(=O)CCCCCCCCCCCCCCCCCCCC. The van der Waals surface area contributed by atoms with Gasteiger partial charge < -0.3 is 10.4 Å². The van der Waals surface area contributed by atoms with Crippen molar-refractivity contribution >= 4 is 16.0 Å². The van der Waals surface area contributed by atoms with Gasteiger partial charge in [0.05, 0.1) is 17.9 Å². The molecule has 0 aliphatic carbocycles. The Bertz CT molecular complexity index is 888. The monoisotopic (exact) mass is 726 g/mol. The summed E-state index contributed by atoms with van der Waals surface area (Å²) in [6, 6.07) is -1.07. The highest BCUT2D eigenvalue weighted by atomic mass is 32.2. The molecule has 0 aliphatic rings. The molecule has 2 atom stereocenters. The zero-order valence-corrected chi connectivity index (χ0v) is 33.8. The summed E-state index contributed by atoms with van der Waals surface area (Å²) in [4.78, 5) is 12.5. The van der Waals surface area contributed by atoms with Gasteiger partial charge in [-0.15, -0.1) is 0 Å². The Balaban J connectivity index is 3.91. The number of hydrogen-bond acceptors (Lipinski definition) is 4. The molecule has 0 radical (unpaired) electrons. The molecule has 0 aliphatic heterocycles. The molecule has 3 N–H and O–H groups in total. The smallest absolute Gasteiger partial charge is 0.267 e. The van der Waals surface area contributed by atoms with Crippen LogP contribution in [-0.2, 0) is 14.9 Å². The zero-order chi connectivity index (χ0) is 36.8. The Morgan fingerprint density at radius 1 is 0.520 bits per heavy atom. The Morgan fingerprint density at radius 3 is 1.26 bits per heavy atom. The minimum Gasteiger partial charge on any atom is -0.387 e. The first-order valence-corrected chi connectivity index (χ1v) is 23.1. The molecule has 2 unspecified atom stereocenters. The number of aliphatic hydroxyl groups is 1. The third-order valence-corrected chi connectivity index (χ3v) is 10.7. The Kier molecular flexibility index (Phi) is 36.7. The topological polar surface area (TPSA) is 104 Å². The fraction of sp³-hybridized carbons (Fsp3) is 0.884. The number of hydrogen-bond donors (Lipinski definition) is 3. The normalized spacial score (nSPS) is 13.4. The highest BCUT2D eigenvalue weighted by molar-refractivity contribution is 7.85. The number of amides is 1. The molecule has 0 saturated carbocycles. The van der Waals surface area contributed by atoms with Crippen LogP contribution in [0.1, 0.15) is 226 Å². The number of unbranched alkanes of at least 4 members (excludes halogenated alkanes) is 29. The van der Waals surface area contributed by atoms with Gasteiger partial charge in [0.25, 0.3) is 10.1 Å². The summed E-state index contributed by atoms with van der Waals surface area (Å²) in [5.74, 6) is -0.990. The van der Waals surface area contributed by atoms with Crippen molar-refractivity contribution < 1.29 is 22.9 Å². The van der Waals surface area contributed by atoms with E-state index in [-0.39, 0.29) is 5.91 Å². The summed E-state index contributed by atoms with van der Waals surface area (Å²) in [6.45, 7) is 4.53. The van der Waals surface area contributed by atoms with E-state index in [0.29, 0.717) is 6.42 Å². The zero-order valence-electron chi connectivity index (χ0n) is 33.0. The van der Waals surface area contributed by atoms with Crippen LogP contribution in [0.25, 0.3) is 0 Å². The Hall–Kier alpha value is -1.18. The molecule has 1 amide bonds. The van der Waals surface area contributed by atoms with Crippen molar-refractivity contribution in [3.63, 3.8) is 0 Å². The van der Waals surface area contributed by atoms with Crippen molar-refractivity contribution in [2.75, 3.05) is 5.75 Å². The van der Waals surface area contributed by atoms with Crippen molar-refractivity contribution in [2.24, 2.45) is 0 Å². The Labute approximate surface area is 311 Å². The summed E-state index contributed by atoms with van der Waals surface area (Å²) in [6.07, 6.45) is 47.4. The number of carbonyl (C=O) groups excluding carboxylic acids is 1. The quantitative estimate of drug-likeness (QED) is 0.0332. The lowest BCUT2D eigenvalue weighted by atomic mass is 10.0. The maximum Gasteiger partial charge on any atom is 0.267 e. The van der Waals surface area contributed by atoms with E-state index < -0.39 is 28.0 Å². The molecular formula is C43H83NO5S. The lowest BCUT2D eigenvalue weighted by molar-refractivity contribution is -0.122. The molecule has 0 aromatic heterocycles. The molecule has 7 heteroatoms. The fourth-order valence-electron chi connectivity index (χ4n) is 6.64. The van der Waals surface area contributed by atoms with Crippen LogP contribution in [0, 0.1) is 0 Å². The van der Waals surface area contributed by atoms with Crippen molar-refractivity contribution in [3.05, 3.63) is 24.3 Å². The van der Waals surface area contributed by atoms with E-state index in [2.05, 4.69) is 31.3 Å². The van der Waals surface area contributed by atoms with Gasteiger partial charge in [0.1, 0.15) is 0 Å². The van der Waals surface area contributed by atoms with Crippen molar-refractivity contribution in [1.29, 1.82) is 0 Å². The summed E-state index contributed by atoms with van der Waals surface area (Å²) in [7, 11) is -4.35. The summed E-state index contributed by atoms with van der Waals surface area (Å²) >= 11 is 0. The molecule has 0 saturated heterocycles. The minimum absolute atomic E-state index is 0.284. The van der Waals surface area contributed by atoms with Crippen molar-refractivity contribution in [3.8, 4) is 0 Å². The molecule has 50 heavy (non-hydrogen) atoms. The summed E-state index contributed by atoms with van der Waals surface area (Å²) in [5, 5.41) is 13.2. The summed E-state index contributed by atoms with van der Waals surface area (Å²) < 4.78 is 32.5. The van der Waals surface area contributed by atoms with E-state index in [1.54, 1.807) is 0 Å². The average Bonchev–Trinajstić information content (AvgIpc) is 3.08. The second kappa shape index (κ2) is 37.6. The number of rotatable bonds is 39. The molecule has 0 heterocycles. The van der Waals surface area contributed by atoms with Crippen LogP contribution >= 0.6 is 0 Å². The van der Waals surface area contributed by atoms with Crippen molar-refractivity contribution in [2.45, 2.75) is 238 Å². The van der Waals surface area contributed by atoms with E-state index >= 15 is 0 Å². The van der Waals surface area contributed by atoms with Crippen LogP contribution in [0.15, 0.2) is 24.3 Å². The first-order chi connectivity index (χ1) is 24.3. The third kappa shape index (κ3) is 38.1. The van der Waals surface area contributed by atoms with Crippen LogP contribution < -0.4 is 5.32 Å². The van der Waals surface area contributed by atoms with E-state index in [1.165, 1.54) is 173 Å². The van der Waals surface area contributed by atoms with Gasteiger partial charge in [0.15, 0.2) is 0 Å². The van der Waals surface area contributed by atoms with Crippen LogP contribution in [0.3, 0.4) is 0 Å². The predicted molar refractivity (Wildman–Crippen MR) is 216 cm³/mol. The van der Waals surface area contributed by atoms with E-state index in [9.17, 15) is 22.9 Å². The number of carbonyl (C=O) groups is 1. The standard InChI is InChI=1S/C43H83NO5S/c1-3-5-7-9-11-13-15-17-19-21-23-25-27-29-31-33-35-37-39-43(46)44-41(40-50(47,48)49)42(45)38-36-34-32-30-28-26-24-22-20-18-16-14-12-10-8-6-4-2/h28,30,36,38,41-42,45H,3-27,29,31-35,37,39-40H2,1-2H3,(H,44,46)(H,47,48,49)/b30-28+,38-36+. The van der Waals surface area contributed by atoms with Gasteiger partial charge in [-0.3, -0.25) is 9.35 Å². The maximum atomic E-state index is 12.5. The molecule has 0 spiro atoms. The molecular weight excluding hydrogens is 643 g/mol. The number of allylic oxidation sites excluding steroid dienone is 3. The van der Waals surface area contributed by atoms with E-state index in [0.717, 1.165) is 38.5 Å². The van der Waals surface area contributed by atoms with E-state index in [1.807, 2.05) is 6.08 Å². The van der Waals surface area contributed by atoms with Gasteiger partial charge >= 0.3 is 0 Å². The van der Waals surface area contributed by atoms with Gasteiger partial charge in [-0.2, -0.15) is 8.42 Å². The van der Waals surface area contributed by atoms with Gasteiger partial charge in [0, 0.05) is 6.42 Å². The minimum atomic E-state index is -4.35. The second-order valence-electron chi connectivity index (χ2n) is 15.0. The number of aliphatic hydroxyl groups excluding tert-OH is 1. The maximum absolute atomic E-state index is 12.5. The van der Waals surface area contributed by atoms with Crippen LogP contribution in [0.2, 0.25) is 0 Å². The fourth-order valence-corrected chi connectivity index (χ4v) is 7.38. The molecule has 0 rings (SSSR count). The second-order valence-corrected chi connectivity index (χ2v) is 16.5. The summed E-state index contributed by atoms with van der Waals surface area (Å²) in [5.41, 5.74) is 0. The first-order valence-electron chi connectivity index (χ1n) is 21.5. The van der Waals surface area contributed by atoms with Gasteiger partial charge in [-0.1, -0.05) is 212 Å². The average molecular weight is 726 g/mol. The van der Waals surface area contributed by atoms with Gasteiger partial charge in [0.2, 0.25) is 5.91 Å². The largest absolute Gasteiger partial charge is 0.387 e. The molecule has 0 bridgehead atoms. The molecule has 0 fully saturated rings. The molecule has 296 valence electrons. The Morgan fingerprint density at radius 2 is 0.860 bits per heavy atom. The van der Waals surface area contributed by atoms with Crippen LogP contribution in [-0.4, -0.2) is 41.9 Å².